The first-order chi connectivity index (χ1) is 16.1. The van der Waals surface area contributed by atoms with Gasteiger partial charge in [0.1, 0.15) is 11.4 Å². The second-order valence-electron chi connectivity index (χ2n) is 8.47. The molecule has 2 aromatic carbocycles. The minimum absolute atomic E-state index is 0.0784. The zero-order valence-corrected chi connectivity index (χ0v) is 18.7. The summed E-state index contributed by atoms with van der Waals surface area (Å²) in [6, 6.07) is 16.0. The second-order valence-corrected chi connectivity index (χ2v) is 8.47. The molecule has 0 aliphatic heterocycles. The molecule has 0 spiro atoms. The maximum Gasteiger partial charge on any atom is 0.258 e. The largest absolute Gasteiger partial charge is 0.483 e. The monoisotopic (exact) mass is 446 g/mol. The Hall–Kier alpha value is -3.45. The molecule has 1 fully saturated rings. The molecule has 7 nitrogen and oxygen atoms in total. The van der Waals surface area contributed by atoms with Gasteiger partial charge in [-0.25, -0.2) is 4.68 Å². The number of hydrogen-bond donors (Lipinski definition) is 2. The van der Waals surface area contributed by atoms with Crippen LogP contribution in [-0.2, 0) is 17.8 Å². The lowest BCUT2D eigenvalue weighted by atomic mass is 9.93. The van der Waals surface area contributed by atoms with Crippen molar-refractivity contribution in [3.63, 3.8) is 0 Å². The highest BCUT2D eigenvalue weighted by molar-refractivity contribution is 5.78. The Morgan fingerprint density at radius 1 is 1.15 bits per heavy atom. The van der Waals surface area contributed by atoms with Gasteiger partial charge in [0.05, 0.1) is 18.8 Å². The van der Waals surface area contributed by atoms with E-state index in [0.29, 0.717) is 18.0 Å². The molecular weight excluding hydrogens is 416 g/mol. The van der Waals surface area contributed by atoms with E-state index in [1.807, 2.05) is 60.8 Å². The molecule has 33 heavy (non-hydrogen) atoms. The Morgan fingerprint density at radius 3 is 2.70 bits per heavy atom. The molecule has 0 saturated heterocycles. The van der Waals surface area contributed by atoms with E-state index in [1.165, 1.54) is 0 Å². The molecule has 2 N–H and O–H groups in total. The number of aliphatic hydroxyl groups excluding tert-OH is 1. The molecule has 172 valence electrons. The quantitative estimate of drug-likeness (QED) is 0.491. The van der Waals surface area contributed by atoms with Crippen LogP contribution in [0.5, 0.6) is 5.75 Å². The highest BCUT2D eigenvalue weighted by Crippen LogP contribution is 2.30. The fraction of sp³-hybridized carbons (Fsp3) is 0.346. The van der Waals surface area contributed by atoms with Gasteiger partial charge in [0.2, 0.25) is 0 Å². The lowest BCUT2D eigenvalue weighted by molar-refractivity contribution is -0.124. The topological polar surface area (TPSA) is 89.3 Å². The number of aliphatic hydroxyl groups is 1. The predicted octanol–water partition coefficient (Wildman–Crippen LogP) is 3.52. The number of carbonyl (C=O) groups excluding carboxylic acids is 1. The summed E-state index contributed by atoms with van der Waals surface area (Å²) in [5.74, 6) is 0.425. The Balaban J connectivity index is 1.46. The van der Waals surface area contributed by atoms with Gasteiger partial charge < -0.3 is 15.2 Å². The molecule has 1 aromatic heterocycles. The van der Waals surface area contributed by atoms with Crippen molar-refractivity contribution < 1.29 is 14.6 Å². The van der Waals surface area contributed by atoms with Crippen LogP contribution in [0.25, 0.3) is 11.3 Å². The van der Waals surface area contributed by atoms with Gasteiger partial charge in [0.15, 0.2) is 6.61 Å². The first-order valence-electron chi connectivity index (χ1n) is 11.4. The maximum atomic E-state index is 12.4. The molecular formula is C26H30N4O3. The number of nitrogens with zero attached hydrogens (tertiary/aromatic N) is 3. The number of aromatic nitrogens is 3. The van der Waals surface area contributed by atoms with Crippen molar-refractivity contribution >= 4 is 5.91 Å². The highest BCUT2D eigenvalue weighted by atomic mass is 16.5. The van der Waals surface area contributed by atoms with Crippen LogP contribution < -0.4 is 10.1 Å². The molecule has 0 radical (unpaired) electrons. The van der Waals surface area contributed by atoms with Crippen molar-refractivity contribution in [2.24, 2.45) is 0 Å². The predicted molar refractivity (Wildman–Crippen MR) is 127 cm³/mol. The third-order valence-electron chi connectivity index (χ3n) is 5.85. The van der Waals surface area contributed by atoms with Crippen LogP contribution >= 0.6 is 0 Å². The summed E-state index contributed by atoms with van der Waals surface area (Å²) in [6.07, 6.45) is 7.23. The summed E-state index contributed by atoms with van der Waals surface area (Å²) >= 11 is 0. The maximum absolute atomic E-state index is 12.4. The average Bonchev–Trinajstić information content (AvgIpc) is 3.29. The smallest absolute Gasteiger partial charge is 0.258 e. The van der Waals surface area contributed by atoms with Crippen molar-refractivity contribution in [2.45, 2.75) is 50.8 Å². The van der Waals surface area contributed by atoms with Crippen molar-refractivity contribution in [3.8, 4) is 17.0 Å². The van der Waals surface area contributed by atoms with E-state index in [9.17, 15) is 9.90 Å². The number of rotatable bonds is 9. The lowest BCUT2D eigenvalue weighted by Gasteiger charge is -2.26. The van der Waals surface area contributed by atoms with Gasteiger partial charge in [0.25, 0.3) is 5.91 Å². The van der Waals surface area contributed by atoms with E-state index >= 15 is 0 Å². The molecule has 1 aliphatic rings. The summed E-state index contributed by atoms with van der Waals surface area (Å²) in [5, 5.41) is 21.3. The minimum atomic E-state index is -0.249. The second kappa shape index (κ2) is 10.9. The van der Waals surface area contributed by atoms with E-state index in [1.54, 1.807) is 4.68 Å². The summed E-state index contributed by atoms with van der Waals surface area (Å²) < 4.78 is 7.70. The van der Waals surface area contributed by atoms with Gasteiger partial charge in [-0.1, -0.05) is 47.7 Å². The fourth-order valence-corrected chi connectivity index (χ4v) is 4.10. The number of carbonyl (C=O) groups is 1. The standard InChI is InChI=1S/C26H30N4O3/c1-2-6-19-9-14-25(33-18-26(32)27-21-10-12-22(31)13-11-21)23(15-19)24-17-30(29-28-24)16-20-7-4-3-5-8-20/h2-5,7-9,14-15,17,21-22,31H,1,6,10-13,16,18H2,(H,27,32). The Labute approximate surface area is 194 Å². The summed E-state index contributed by atoms with van der Waals surface area (Å²) in [4.78, 5) is 12.4. The van der Waals surface area contributed by atoms with E-state index < -0.39 is 0 Å². The van der Waals surface area contributed by atoms with Gasteiger partial charge in [-0.2, -0.15) is 0 Å². The molecule has 0 bridgehead atoms. The Kier molecular flexibility index (Phi) is 7.52. The summed E-state index contributed by atoms with van der Waals surface area (Å²) in [7, 11) is 0. The number of benzene rings is 2. The zero-order chi connectivity index (χ0) is 23.0. The highest BCUT2D eigenvalue weighted by Gasteiger charge is 2.21. The zero-order valence-electron chi connectivity index (χ0n) is 18.7. The van der Waals surface area contributed by atoms with E-state index in [0.717, 1.165) is 48.8 Å². The molecule has 1 aliphatic carbocycles. The first-order valence-corrected chi connectivity index (χ1v) is 11.4. The van der Waals surface area contributed by atoms with Gasteiger partial charge in [-0.3, -0.25) is 4.79 Å². The van der Waals surface area contributed by atoms with Gasteiger partial charge in [-0.15, -0.1) is 11.7 Å². The van der Waals surface area contributed by atoms with Crippen LogP contribution in [0.2, 0.25) is 0 Å². The van der Waals surface area contributed by atoms with Crippen molar-refractivity contribution in [1.29, 1.82) is 0 Å². The molecule has 0 unspecified atom stereocenters. The van der Waals surface area contributed by atoms with Gasteiger partial charge in [-0.05, 0) is 55.4 Å². The SMILES string of the molecule is C=CCc1ccc(OCC(=O)NC2CCC(O)CC2)c(-c2cn(Cc3ccccc3)nn2)c1. The average molecular weight is 447 g/mol. The number of hydrogen-bond acceptors (Lipinski definition) is 5. The number of ether oxygens (including phenoxy) is 1. The van der Waals surface area contributed by atoms with Crippen LogP contribution in [0.3, 0.4) is 0 Å². The fourth-order valence-electron chi connectivity index (χ4n) is 4.10. The van der Waals surface area contributed by atoms with Gasteiger partial charge in [0, 0.05) is 11.6 Å². The van der Waals surface area contributed by atoms with Crippen LogP contribution in [-0.4, -0.2) is 44.8 Å². The molecule has 1 heterocycles. The molecule has 3 aromatic rings. The van der Waals surface area contributed by atoms with Crippen molar-refractivity contribution in [2.75, 3.05) is 6.61 Å². The normalized spacial score (nSPS) is 18.0. The lowest BCUT2D eigenvalue weighted by Crippen LogP contribution is -2.40. The minimum Gasteiger partial charge on any atom is -0.483 e. The van der Waals surface area contributed by atoms with E-state index in [4.69, 9.17) is 4.74 Å². The Bertz CT molecular complexity index is 1070. The van der Waals surface area contributed by atoms with Crippen LogP contribution in [0.4, 0.5) is 0 Å². The molecule has 1 amide bonds. The van der Waals surface area contributed by atoms with Gasteiger partial charge >= 0.3 is 0 Å². The third kappa shape index (κ3) is 6.29. The van der Waals surface area contributed by atoms with Crippen molar-refractivity contribution in [1.82, 2.24) is 20.3 Å². The Morgan fingerprint density at radius 2 is 1.94 bits per heavy atom. The van der Waals surface area contributed by atoms with Crippen LogP contribution in [0, 0.1) is 0 Å². The van der Waals surface area contributed by atoms with Crippen LogP contribution in [0.1, 0.15) is 36.8 Å². The molecule has 7 heteroatoms. The number of nitrogens with one attached hydrogen (secondary N) is 1. The third-order valence-corrected chi connectivity index (χ3v) is 5.85. The van der Waals surface area contributed by atoms with E-state index in [2.05, 4.69) is 22.2 Å². The summed E-state index contributed by atoms with van der Waals surface area (Å²) in [5.41, 5.74) is 3.70. The molecule has 1 saturated carbocycles. The first kappa shape index (κ1) is 22.7. The summed E-state index contributed by atoms with van der Waals surface area (Å²) in [6.45, 7) is 4.36. The van der Waals surface area contributed by atoms with Crippen LogP contribution in [0.15, 0.2) is 67.4 Å². The molecule has 4 rings (SSSR count). The number of allylic oxidation sites excluding steroid dienone is 1. The molecule has 0 atom stereocenters. The van der Waals surface area contributed by atoms with E-state index in [-0.39, 0.29) is 24.7 Å². The van der Waals surface area contributed by atoms with Crippen molar-refractivity contribution in [3.05, 3.63) is 78.5 Å². The number of amides is 1.